The number of fused-ring (bicyclic) bond motifs is 1. The van der Waals surface area contributed by atoms with Gasteiger partial charge in [0.05, 0.1) is 38.1 Å². The number of anilines is 1. The molecule has 4 atom stereocenters. The molecule has 2 fully saturated rings. The summed E-state index contributed by atoms with van der Waals surface area (Å²) in [6, 6.07) is 18.6. The van der Waals surface area contributed by atoms with Crippen molar-refractivity contribution in [2.75, 3.05) is 39.2 Å². The molecule has 0 spiro atoms. The number of alkyl carbamates (subject to hydrolysis) is 2. The minimum atomic E-state index is -0.728. The van der Waals surface area contributed by atoms with E-state index in [0.29, 0.717) is 31.0 Å². The minimum absolute atomic E-state index is 0. The van der Waals surface area contributed by atoms with E-state index in [2.05, 4.69) is 54.9 Å². The Morgan fingerprint density at radius 1 is 0.717 bits per heavy atom. The van der Waals surface area contributed by atoms with Gasteiger partial charge in [0.2, 0.25) is 17.7 Å². The third-order valence-corrected chi connectivity index (χ3v) is 10.7. The number of nitrogens with one attached hydrogen (secondary N) is 4. The zero-order valence-electron chi connectivity index (χ0n) is 34.8. The lowest BCUT2D eigenvalue weighted by Gasteiger charge is -2.30. The van der Waals surface area contributed by atoms with Gasteiger partial charge in [-0.05, 0) is 76.8 Å². The van der Waals surface area contributed by atoms with Crippen LogP contribution in [0.15, 0.2) is 66.9 Å². The molecule has 328 valence electrons. The number of ether oxygens (including phenoxy) is 2. The number of nitrogens with zero attached hydrogens (tertiary/aromatic N) is 3. The van der Waals surface area contributed by atoms with Crippen LogP contribution in [0.25, 0.3) is 33.2 Å². The fourth-order valence-electron chi connectivity index (χ4n) is 7.51. The topological polar surface area (TPSA) is 175 Å². The van der Waals surface area contributed by atoms with Crippen molar-refractivity contribution >= 4 is 100 Å². The molecule has 18 heteroatoms. The van der Waals surface area contributed by atoms with Crippen LogP contribution in [0.4, 0.5) is 15.3 Å². The Balaban J connectivity index is 0.00000310. The van der Waals surface area contributed by atoms with Gasteiger partial charge in [0.1, 0.15) is 17.9 Å². The first-order chi connectivity index (χ1) is 26.9. The minimum Gasteiger partial charge on any atom is -0.453 e. The summed E-state index contributed by atoms with van der Waals surface area (Å²) in [5, 5.41) is 10.3. The summed E-state index contributed by atoms with van der Waals surface area (Å²) in [6.45, 7) is 8.80. The molecule has 0 saturated carbocycles. The van der Waals surface area contributed by atoms with Gasteiger partial charge in [-0.3, -0.25) is 14.4 Å². The Hall–Kier alpha value is -4.52. The van der Waals surface area contributed by atoms with Crippen LogP contribution in [-0.2, 0) is 23.9 Å². The smallest absolute Gasteiger partial charge is 0.407 e. The van der Waals surface area contributed by atoms with Gasteiger partial charge in [-0.1, -0.05) is 70.2 Å². The fraction of sp³-hybridized carbons (Fsp3) is 0.429. The van der Waals surface area contributed by atoms with E-state index in [0.717, 1.165) is 46.0 Å². The molecule has 0 radical (unpaired) electrons. The number of aromatic amines is 1. The van der Waals surface area contributed by atoms with Crippen molar-refractivity contribution in [2.45, 2.75) is 65.1 Å². The first kappa shape index (κ1) is 51.6. The predicted octanol–water partition coefficient (Wildman–Crippen LogP) is 6.56. The average Bonchev–Trinajstić information content (AvgIpc) is 4.00. The van der Waals surface area contributed by atoms with E-state index in [1.165, 1.54) is 14.2 Å². The van der Waals surface area contributed by atoms with E-state index in [-0.39, 0.29) is 102 Å². The first-order valence-electron chi connectivity index (χ1n) is 19.2. The molecule has 6 rings (SSSR count). The van der Waals surface area contributed by atoms with Gasteiger partial charge in [-0.25, -0.2) is 14.6 Å². The van der Waals surface area contributed by atoms with Crippen LogP contribution in [0.1, 0.15) is 58.8 Å². The summed E-state index contributed by atoms with van der Waals surface area (Å²) >= 11 is 0. The van der Waals surface area contributed by atoms with E-state index >= 15 is 0 Å². The maximum absolute atomic E-state index is 13.5. The second-order valence-corrected chi connectivity index (χ2v) is 15.2. The highest BCUT2D eigenvalue weighted by molar-refractivity contribution is 7.59. The van der Waals surface area contributed by atoms with Crippen molar-refractivity contribution < 1.29 is 33.4 Å². The molecule has 2 saturated heterocycles. The number of imidazole rings is 1. The number of aromatic nitrogens is 2. The lowest BCUT2D eigenvalue weighted by molar-refractivity contribution is -0.135. The van der Waals surface area contributed by atoms with E-state index in [9.17, 15) is 24.0 Å². The van der Waals surface area contributed by atoms with Crippen LogP contribution in [-0.4, -0.2) is 95.6 Å². The van der Waals surface area contributed by atoms with Crippen LogP contribution in [0.3, 0.4) is 0 Å². The SMILES string of the molecule is COC(=O)N[C@H](C(=O)N1CCC(C(=O)Nc2ccc3cc(-c4ccc(-c5cnc([C@@H]6CCCN6C(=O)[C@@H](NC(=O)OC)C(C)C)[nH]5)cc4)ccc3c2)C1)C(C)C.S.S.S.S. The monoisotopic (exact) mass is 901 g/mol. The molecular weight excluding hydrogens is 843 g/mol. The maximum Gasteiger partial charge on any atom is 0.407 e. The largest absolute Gasteiger partial charge is 0.453 e. The van der Waals surface area contributed by atoms with E-state index in [1.54, 1.807) is 16.0 Å². The van der Waals surface area contributed by atoms with Crippen molar-refractivity contribution in [3.63, 3.8) is 0 Å². The highest BCUT2D eigenvalue weighted by Gasteiger charge is 2.38. The second kappa shape index (κ2) is 22.9. The van der Waals surface area contributed by atoms with Gasteiger partial charge in [-0.2, -0.15) is 54.0 Å². The molecule has 0 bridgehead atoms. The summed E-state index contributed by atoms with van der Waals surface area (Å²) in [4.78, 5) is 75.2. The van der Waals surface area contributed by atoms with Gasteiger partial charge in [0.25, 0.3) is 0 Å². The number of methoxy groups -OCH3 is 2. The number of H-pyrrole nitrogens is 1. The number of amides is 5. The van der Waals surface area contributed by atoms with E-state index in [4.69, 9.17) is 4.74 Å². The predicted molar refractivity (Wildman–Crippen MR) is 254 cm³/mol. The highest BCUT2D eigenvalue weighted by Crippen LogP contribution is 2.34. The number of carbonyl (C=O) groups excluding carboxylic acids is 5. The lowest BCUT2D eigenvalue weighted by atomic mass is 9.99. The molecule has 0 aliphatic carbocycles. The summed E-state index contributed by atoms with van der Waals surface area (Å²) in [5.74, 6) is -0.414. The number of hydrogen-bond donors (Lipinski definition) is 4. The van der Waals surface area contributed by atoms with Crippen LogP contribution in [0.5, 0.6) is 0 Å². The number of likely N-dealkylation sites (tertiary alicyclic amines) is 2. The molecule has 14 nitrogen and oxygen atoms in total. The van der Waals surface area contributed by atoms with Crippen molar-refractivity contribution in [3.05, 3.63) is 72.7 Å². The number of hydrogen-bond acceptors (Lipinski definition) is 8. The molecule has 2 aliphatic heterocycles. The van der Waals surface area contributed by atoms with Crippen LogP contribution < -0.4 is 16.0 Å². The second-order valence-electron chi connectivity index (χ2n) is 15.2. The molecule has 5 amide bonds. The maximum atomic E-state index is 13.5. The standard InChI is InChI=1S/C42H51N7O7.4H2S/c1-24(2)35(46-41(53)55-5)39(51)48-19-17-31(23-48)38(50)44-32-16-15-29-20-28(13-14-30(29)21-32)26-9-11-27(12-10-26)33-22-43-37(45-33)34-8-7-18-49(34)40(52)36(25(3)4)47-42(54)56-6;;;;/h9-16,20-22,24-25,31,34-36H,7-8,17-19,23H2,1-6H3,(H,43,45)(H,44,50)(H,46,53)(H,47,54);4*1H2/t31?,34-,35-,36-;;;;/m0..../s1. The van der Waals surface area contributed by atoms with Gasteiger partial charge in [-0.15, -0.1) is 0 Å². The molecule has 4 N–H and O–H groups in total. The Kier molecular flexibility index (Phi) is 19.7. The number of rotatable bonds is 11. The summed E-state index contributed by atoms with van der Waals surface area (Å²) < 4.78 is 9.43. The fourth-order valence-corrected chi connectivity index (χ4v) is 7.51. The lowest BCUT2D eigenvalue weighted by Crippen LogP contribution is -2.51. The molecule has 4 aromatic rings. The average molecular weight is 902 g/mol. The molecule has 3 aromatic carbocycles. The third kappa shape index (κ3) is 11.9. The van der Waals surface area contributed by atoms with E-state index in [1.807, 2.05) is 64.1 Å². The van der Waals surface area contributed by atoms with Crippen molar-refractivity contribution in [1.82, 2.24) is 30.4 Å². The summed E-state index contributed by atoms with van der Waals surface area (Å²) in [7, 11) is 2.54. The van der Waals surface area contributed by atoms with Crippen LogP contribution in [0.2, 0.25) is 0 Å². The van der Waals surface area contributed by atoms with Crippen LogP contribution in [0, 0.1) is 17.8 Å². The van der Waals surface area contributed by atoms with Crippen molar-refractivity contribution in [3.8, 4) is 22.4 Å². The Morgan fingerprint density at radius 2 is 1.28 bits per heavy atom. The normalized spacial score (nSPS) is 16.7. The Labute approximate surface area is 379 Å². The van der Waals surface area contributed by atoms with Gasteiger partial charge in [0.15, 0.2) is 0 Å². The molecule has 2 aliphatic rings. The third-order valence-electron chi connectivity index (χ3n) is 10.7. The van der Waals surface area contributed by atoms with Crippen molar-refractivity contribution in [2.24, 2.45) is 17.8 Å². The highest BCUT2D eigenvalue weighted by atomic mass is 32.1. The molecular formula is C42H59N7O7S4. The van der Waals surface area contributed by atoms with E-state index < -0.39 is 24.3 Å². The van der Waals surface area contributed by atoms with Gasteiger partial charge < -0.3 is 40.2 Å². The Bertz CT molecular complexity index is 2100. The molecule has 60 heavy (non-hydrogen) atoms. The van der Waals surface area contributed by atoms with Gasteiger partial charge in [0, 0.05) is 25.3 Å². The quantitative estimate of drug-likeness (QED) is 0.131. The Morgan fingerprint density at radius 3 is 1.90 bits per heavy atom. The first-order valence-corrected chi connectivity index (χ1v) is 19.2. The van der Waals surface area contributed by atoms with Crippen molar-refractivity contribution in [1.29, 1.82) is 0 Å². The molecule has 1 unspecified atom stereocenters. The zero-order valence-corrected chi connectivity index (χ0v) is 38.8. The number of benzene rings is 3. The van der Waals surface area contributed by atoms with Crippen LogP contribution >= 0.6 is 54.0 Å². The van der Waals surface area contributed by atoms with Gasteiger partial charge >= 0.3 is 12.2 Å². The summed E-state index contributed by atoms with van der Waals surface area (Å²) in [6.07, 6.45) is 2.65. The molecule has 3 heterocycles. The molecule has 1 aromatic heterocycles. The number of carbonyl (C=O) groups is 5. The zero-order chi connectivity index (χ0) is 40.1. The summed E-state index contributed by atoms with van der Waals surface area (Å²) in [5.41, 5.74) is 4.57.